The molecular formula is C34H39N3O6. The number of likely N-dealkylation sites (N-methyl/N-ethyl adjacent to an activating group) is 1. The third kappa shape index (κ3) is 6.09. The fourth-order valence-electron chi connectivity index (χ4n) is 5.69. The van der Waals surface area contributed by atoms with Crippen molar-refractivity contribution in [1.29, 1.82) is 0 Å². The summed E-state index contributed by atoms with van der Waals surface area (Å²) < 4.78 is 19.3. The van der Waals surface area contributed by atoms with Gasteiger partial charge in [-0.05, 0) is 48.4 Å². The van der Waals surface area contributed by atoms with Gasteiger partial charge in [-0.25, -0.2) is 4.79 Å². The van der Waals surface area contributed by atoms with E-state index < -0.39 is 18.2 Å². The zero-order chi connectivity index (χ0) is 30.7. The molecule has 0 radical (unpaired) electrons. The van der Waals surface area contributed by atoms with Crippen molar-refractivity contribution in [2.24, 2.45) is 13.0 Å². The molecule has 3 atom stereocenters. The molecule has 43 heavy (non-hydrogen) atoms. The maximum Gasteiger partial charge on any atom is 0.415 e. The lowest BCUT2D eigenvalue weighted by Crippen LogP contribution is -2.48. The van der Waals surface area contributed by atoms with E-state index in [9.17, 15) is 14.7 Å². The van der Waals surface area contributed by atoms with Crippen LogP contribution < -0.4 is 9.47 Å². The highest BCUT2D eigenvalue weighted by atomic mass is 16.6. The molecule has 226 valence electrons. The highest BCUT2D eigenvalue weighted by Crippen LogP contribution is 2.38. The average Bonchev–Trinajstić information content (AvgIpc) is 3.32. The van der Waals surface area contributed by atoms with Crippen molar-refractivity contribution in [2.45, 2.75) is 32.6 Å². The van der Waals surface area contributed by atoms with E-state index in [-0.39, 0.29) is 25.0 Å². The summed E-state index contributed by atoms with van der Waals surface area (Å²) in [6.45, 7) is 4.51. The van der Waals surface area contributed by atoms with E-state index in [1.54, 1.807) is 43.3 Å². The number of benzene rings is 3. The Labute approximate surface area is 252 Å². The van der Waals surface area contributed by atoms with Gasteiger partial charge in [-0.2, -0.15) is 0 Å². The number of nitrogens with zero attached hydrogens (tertiary/aromatic N) is 3. The summed E-state index contributed by atoms with van der Waals surface area (Å²) in [6, 6.07) is 22.3. The monoisotopic (exact) mass is 585 g/mol. The fraction of sp³-hybridized carbons (Fsp3) is 0.353. The lowest BCUT2D eigenvalue weighted by atomic mass is 9.96. The molecule has 0 fully saturated rings. The summed E-state index contributed by atoms with van der Waals surface area (Å²) in [7, 11) is 5.16. The van der Waals surface area contributed by atoms with E-state index in [0.29, 0.717) is 30.3 Å². The number of hydrogen-bond donors (Lipinski definition) is 1. The zero-order valence-electron chi connectivity index (χ0n) is 25.3. The van der Waals surface area contributed by atoms with Crippen LogP contribution >= 0.6 is 0 Å². The average molecular weight is 586 g/mol. The molecule has 0 saturated carbocycles. The van der Waals surface area contributed by atoms with Crippen LogP contribution in [0.2, 0.25) is 0 Å². The third-order valence-electron chi connectivity index (χ3n) is 8.26. The maximum absolute atomic E-state index is 14.5. The first-order valence-electron chi connectivity index (χ1n) is 14.5. The Hall–Kier alpha value is -4.34. The highest BCUT2D eigenvalue weighted by molar-refractivity contribution is 6.10. The molecule has 1 aromatic heterocycles. The molecule has 2 amide bonds. The van der Waals surface area contributed by atoms with Crippen LogP contribution in [0.4, 0.5) is 4.79 Å². The molecule has 1 aliphatic rings. The first-order valence-corrected chi connectivity index (χ1v) is 14.5. The minimum Gasteiger partial charge on any atom is -0.497 e. The summed E-state index contributed by atoms with van der Waals surface area (Å²) >= 11 is 0. The van der Waals surface area contributed by atoms with Crippen molar-refractivity contribution in [3.05, 3.63) is 84.1 Å². The Bertz CT molecular complexity index is 1600. The summed E-state index contributed by atoms with van der Waals surface area (Å²) in [5.74, 6) is 0.725. The summed E-state index contributed by atoms with van der Waals surface area (Å²) in [6.07, 6.45) is -0.952. The Kier molecular flexibility index (Phi) is 9.03. The highest BCUT2D eigenvalue weighted by Gasteiger charge is 2.34. The van der Waals surface area contributed by atoms with Crippen LogP contribution in [-0.2, 0) is 18.4 Å². The smallest absolute Gasteiger partial charge is 0.415 e. The summed E-state index contributed by atoms with van der Waals surface area (Å²) in [5.41, 5.74) is 4.23. The molecule has 9 heteroatoms. The van der Waals surface area contributed by atoms with Gasteiger partial charge < -0.3 is 33.7 Å². The van der Waals surface area contributed by atoms with E-state index >= 15 is 0 Å². The molecule has 3 aromatic carbocycles. The van der Waals surface area contributed by atoms with Crippen molar-refractivity contribution < 1.29 is 28.9 Å². The molecule has 0 spiro atoms. The summed E-state index contributed by atoms with van der Waals surface area (Å²) in [5, 5.41) is 11.2. The molecule has 1 N–H and O–H groups in total. The molecule has 4 aromatic rings. The van der Waals surface area contributed by atoms with Gasteiger partial charge in [0.2, 0.25) is 0 Å². The number of aliphatic hydroxyl groups is 1. The van der Waals surface area contributed by atoms with Crippen molar-refractivity contribution >= 4 is 22.9 Å². The SMILES string of the molecule is COc1ccc(OC(=O)N(C)C[C@H]2OCc3ccccc3-c3c(n(C)c4ccccc34)C(=O)N([C@@H](C)CO)C[C@H]2C)cc1. The summed E-state index contributed by atoms with van der Waals surface area (Å²) in [4.78, 5) is 30.7. The van der Waals surface area contributed by atoms with Crippen molar-refractivity contribution in [3.8, 4) is 22.6 Å². The quantitative estimate of drug-likeness (QED) is 0.328. The van der Waals surface area contributed by atoms with Gasteiger partial charge >= 0.3 is 6.09 Å². The molecule has 1 aliphatic heterocycles. The van der Waals surface area contributed by atoms with Gasteiger partial charge in [0.15, 0.2) is 0 Å². The van der Waals surface area contributed by atoms with Gasteiger partial charge in [0, 0.05) is 43.0 Å². The minimum atomic E-state index is -0.522. The molecule has 5 rings (SSSR count). The van der Waals surface area contributed by atoms with Crippen LogP contribution in [0, 0.1) is 5.92 Å². The molecule has 0 unspecified atom stereocenters. The van der Waals surface area contributed by atoms with E-state index in [2.05, 4.69) is 0 Å². The number of carbonyl (C=O) groups is 2. The number of fused-ring (bicyclic) bond motifs is 5. The van der Waals surface area contributed by atoms with Crippen molar-refractivity contribution in [3.63, 3.8) is 0 Å². The number of amides is 2. The fourth-order valence-corrected chi connectivity index (χ4v) is 5.69. The van der Waals surface area contributed by atoms with Gasteiger partial charge in [-0.15, -0.1) is 0 Å². The van der Waals surface area contributed by atoms with E-state index in [0.717, 1.165) is 27.6 Å². The topological polar surface area (TPSA) is 93.5 Å². The van der Waals surface area contributed by atoms with Gasteiger partial charge in [-0.1, -0.05) is 49.4 Å². The number of carbonyl (C=O) groups excluding carboxylic acids is 2. The Balaban J connectivity index is 1.51. The molecule has 0 aliphatic carbocycles. The van der Waals surface area contributed by atoms with E-state index in [4.69, 9.17) is 14.2 Å². The molecule has 9 nitrogen and oxygen atoms in total. The number of aromatic nitrogens is 1. The third-order valence-corrected chi connectivity index (χ3v) is 8.26. The van der Waals surface area contributed by atoms with Gasteiger partial charge in [0.25, 0.3) is 5.91 Å². The number of methoxy groups -OCH3 is 1. The molecule has 0 bridgehead atoms. The number of aliphatic hydroxyl groups excluding tert-OH is 1. The second-order valence-electron chi connectivity index (χ2n) is 11.2. The predicted octanol–water partition coefficient (Wildman–Crippen LogP) is 5.34. The van der Waals surface area contributed by atoms with E-state index in [1.807, 2.05) is 74.0 Å². The number of hydrogen-bond acceptors (Lipinski definition) is 6. The van der Waals surface area contributed by atoms with Crippen LogP contribution in [0.1, 0.15) is 29.9 Å². The lowest BCUT2D eigenvalue weighted by molar-refractivity contribution is -0.0206. The standard InChI is InChI=1S/C34H39N3O6/c1-22-18-37(23(2)20-38)33(39)32-31(28-12-8-9-13-29(28)36(32)4)27-11-7-6-10-24(27)21-42-30(22)19-35(3)34(40)43-26-16-14-25(41-5)15-17-26/h6-17,22-23,30,38H,18-21H2,1-5H3/t22-,23+,30-/m1/s1. The van der Waals surface area contributed by atoms with Crippen LogP contribution in [0.3, 0.4) is 0 Å². The first kappa shape index (κ1) is 30.1. The second kappa shape index (κ2) is 12.9. The van der Waals surface area contributed by atoms with Crippen LogP contribution in [0.5, 0.6) is 11.5 Å². The number of rotatable bonds is 6. The second-order valence-corrected chi connectivity index (χ2v) is 11.2. The Morgan fingerprint density at radius 2 is 1.74 bits per heavy atom. The van der Waals surface area contributed by atoms with Crippen LogP contribution in [0.25, 0.3) is 22.0 Å². The molecule has 0 saturated heterocycles. The Morgan fingerprint density at radius 3 is 2.47 bits per heavy atom. The first-order chi connectivity index (χ1) is 20.7. The van der Waals surface area contributed by atoms with Crippen LogP contribution in [0.15, 0.2) is 72.8 Å². The van der Waals surface area contributed by atoms with Crippen molar-refractivity contribution in [1.82, 2.24) is 14.4 Å². The lowest BCUT2D eigenvalue weighted by Gasteiger charge is -2.34. The van der Waals surface area contributed by atoms with Crippen molar-refractivity contribution in [2.75, 3.05) is 33.9 Å². The van der Waals surface area contributed by atoms with Gasteiger partial charge in [-0.3, -0.25) is 4.79 Å². The predicted molar refractivity (Wildman–Crippen MR) is 165 cm³/mol. The Morgan fingerprint density at radius 1 is 1.07 bits per heavy atom. The van der Waals surface area contributed by atoms with E-state index in [1.165, 1.54) is 4.90 Å². The number of para-hydroxylation sites is 1. The maximum atomic E-state index is 14.5. The zero-order valence-corrected chi connectivity index (χ0v) is 25.3. The minimum absolute atomic E-state index is 0.162. The molecular weight excluding hydrogens is 546 g/mol. The van der Waals surface area contributed by atoms with Gasteiger partial charge in [0.05, 0.1) is 39.0 Å². The number of ether oxygens (including phenoxy) is 3. The largest absolute Gasteiger partial charge is 0.497 e. The van der Waals surface area contributed by atoms with Crippen LogP contribution in [-0.4, -0.2) is 77.5 Å². The molecule has 2 heterocycles. The normalized spacial score (nSPS) is 17.9. The van der Waals surface area contributed by atoms with Gasteiger partial charge in [0.1, 0.15) is 17.2 Å². The number of aryl methyl sites for hydroxylation is 1.